The number of unbranched alkanes of at least 4 members (excludes halogenated alkanes) is 4. The average Bonchev–Trinajstić information content (AvgIpc) is 2.58. The van der Waals surface area contributed by atoms with Crippen LogP contribution in [0.2, 0.25) is 0 Å². The molecule has 2 N–H and O–H groups in total. The van der Waals surface area contributed by atoms with Crippen LogP contribution in [0.15, 0.2) is 24.3 Å². The van der Waals surface area contributed by atoms with Crippen LogP contribution in [-0.2, 0) is 4.79 Å². The molecule has 0 amide bonds. The quantitative estimate of drug-likeness (QED) is 0.228. The minimum atomic E-state index is -0.675. The highest BCUT2D eigenvalue weighted by atomic mass is 16.4. The molecule has 0 aromatic heterocycles. The smallest absolute Gasteiger partial charge is 0.303 e. The molecule has 3 nitrogen and oxygen atoms in total. The Balaban J connectivity index is 3.88. The second kappa shape index (κ2) is 17.3. The largest absolute Gasteiger partial charge is 0.481 e. The highest BCUT2D eigenvalue weighted by molar-refractivity contribution is 5.66. The van der Waals surface area contributed by atoms with Gasteiger partial charge in [-0.2, -0.15) is 0 Å². The summed E-state index contributed by atoms with van der Waals surface area (Å²) in [5, 5.41) is 18.7. The van der Waals surface area contributed by atoms with E-state index in [-0.39, 0.29) is 6.10 Å². The Hall–Kier alpha value is -1.09. The summed E-state index contributed by atoms with van der Waals surface area (Å²) in [6.45, 7) is 6.63. The number of aliphatic carboxylic acids is 1. The van der Waals surface area contributed by atoms with Crippen molar-refractivity contribution in [2.75, 3.05) is 0 Å². The van der Waals surface area contributed by atoms with Gasteiger partial charge in [-0.15, -0.1) is 0 Å². The van der Waals surface area contributed by atoms with Crippen LogP contribution >= 0.6 is 0 Å². The van der Waals surface area contributed by atoms with Crippen LogP contribution in [0.4, 0.5) is 0 Å². The van der Waals surface area contributed by atoms with Gasteiger partial charge in [-0.3, -0.25) is 4.79 Å². The van der Waals surface area contributed by atoms with Crippen LogP contribution in [0, 0.1) is 11.8 Å². The second-order valence-corrected chi connectivity index (χ2v) is 7.93. The number of carboxylic acids is 1. The van der Waals surface area contributed by atoms with Gasteiger partial charge in [-0.1, -0.05) is 90.0 Å². The molecule has 0 aromatic rings. The Kier molecular flexibility index (Phi) is 16.6. The van der Waals surface area contributed by atoms with Gasteiger partial charge >= 0.3 is 5.97 Å². The van der Waals surface area contributed by atoms with Gasteiger partial charge in [0.1, 0.15) is 0 Å². The molecule has 26 heavy (non-hydrogen) atoms. The number of aliphatic hydroxyl groups excluding tert-OH is 1. The van der Waals surface area contributed by atoms with E-state index in [0.29, 0.717) is 18.3 Å². The van der Waals surface area contributed by atoms with Crippen LogP contribution in [-0.4, -0.2) is 22.3 Å². The number of hydrogen-bond donors (Lipinski definition) is 2. The summed E-state index contributed by atoms with van der Waals surface area (Å²) in [6.07, 6.45) is 20.0. The zero-order chi connectivity index (χ0) is 19.6. The van der Waals surface area contributed by atoms with Crippen molar-refractivity contribution in [2.45, 2.75) is 104 Å². The lowest BCUT2D eigenvalue weighted by atomic mass is 9.89. The van der Waals surface area contributed by atoms with E-state index < -0.39 is 5.97 Å². The van der Waals surface area contributed by atoms with E-state index in [2.05, 4.69) is 26.8 Å². The van der Waals surface area contributed by atoms with Crippen LogP contribution in [0.5, 0.6) is 0 Å². The number of rotatable bonds is 17. The molecular weight excluding hydrogens is 324 g/mol. The van der Waals surface area contributed by atoms with E-state index in [9.17, 15) is 9.90 Å². The summed E-state index contributed by atoms with van der Waals surface area (Å²) in [4.78, 5) is 10.8. The van der Waals surface area contributed by atoms with Crippen molar-refractivity contribution in [1.29, 1.82) is 0 Å². The molecule has 0 radical (unpaired) electrons. The van der Waals surface area contributed by atoms with Crippen molar-refractivity contribution in [2.24, 2.45) is 11.8 Å². The summed E-state index contributed by atoms with van der Waals surface area (Å²) >= 11 is 0. The molecule has 0 bridgehead atoms. The SMILES string of the molecule is CCCCCC(O)C=CC=CCCCCC(CCC(=O)O)CCC(C)C. The fraction of sp³-hybridized carbons (Fsp3) is 0.783. The molecule has 0 aliphatic carbocycles. The molecule has 0 rings (SSSR count). The molecule has 0 saturated carbocycles. The van der Waals surface area contributed by atoms with Crippen molar-refractivity contribution >= 4 is 5.97 Å². The summed E-state index contributed by atoms with van der Waals surface area (Å²) in [7, 11) is 0. The summed E-state index contributed by atoms with van der Waals surface area (Å²) < 4.78 is 0. The van der Waals surface area contributed by atoms with E-state index in [0.717, 1.165) is 51.4 Å². The van der Waals surface area contributed by atoms with E-state index in [1.165, 1.54) is 19.3 Å². The monoisotopic (exact) mass is 366 g/mol. The lowest BCUT2D eigenvalue weighted by molar-refractivity contribution is -0.137. The van der Waals surface area contributed by atoms with Gasteiger partial charge in [-0.05, 0) is 37.5 Å². The fourth-order valence-corrected chi connectivity index (χ4v) is 3.09. The molecule has 2 unspecified atom stereocenters. The van der Waals surface area contributed by atoms with Gasteiger partial charge < -0.3 is 10.2 Å². The Labute approximate surface area is 161 Å². The molecule has 2 atom stereocenters. The molecule has 3 heteroatoms. The van der Waals surface area contributed by atoms with Gasteiger partial charge in [0.25, 0.3) is 0 Å². The van der Waals surface area contributed by atoms with E-state index in [4.69, 9.17) is 5.11 Å². The zero-order valence-corrected chi connectivity index (χ0v) is 17.3. The molecule has 0 aromatic carbocycles. The summed E-state index contributed by atoms with van der Waals surface area (Å²) in [5.74, 6) is 0.566. The highest BCUT2D eigenvalue weighted by Crippen LogP contribution is 2.23. The molecule has 0 fully saturated rings. The second-order valence-electron chi connectivity index (χ2n) is 7.93. The van der Waals surface area contributed by atoms with E-state index in [1.807, 2.05) is 18.2 Å². The van der Waals surface area contributed by atoms with Gasteiger partial charge in [0, 0.05) is 6.42 Å². The summed E-state index contributed by atoms with van der Waals surface area (Å²) in [6, 6.07) is 0. The Bertz CT molecular complexity index is 385. The van der Waals surface area contributed by atoms with Crippen molar-refractivity contribution in [1.82, 2.24) is 0 Å². The van der Waals surface area contributed by atoms with E-state index in [1.54, 1.807) is 0 Å². The van der Waals surface area contributed by atoms with Gasteiger partial charge in [0.05, 0.1) is 6.10 Å². The molecule has 0 heterocycles. The molecule has 0 aliphatic heterocycles. The van der Waals surface area contributed by atoms with Gasteiger partial charge in [0.2, 0.25) is 0 Å². The van der Waals surface area contributed by atoms with Crippen LogP contribution in [0.25, 0.3) is 0 Å². The maximum atomic E-state index is 10.8. The number of allylic oxidation sites excluding steroid dienone is 3. The third kappa shape index (κ3) is 17.7. The Morgan fingerprint density at radius 2 is 1.65 bits per heavy atom. The highest BCUT2D eigenvalue weighted by Gasteiger charge is 2.11. The predicted molar refractivity (Wildman–Crippen MR) is 111 cm³/mol. The maximum absolute atomic E-state index is 10.8. The van der Waals surface area contributed by atoms with Gasteiger partial charge in [-0.25, -0.2) is 0 Å². The summed E-state index contributed by atoms with van der Waals surface area (Å²) in [5.41, 5.74) is 0. The van der Waals surface area contributed by atoms with Crippen LogP contribution in [0.3, 0.4) is 0 Å². The number of carbonyl (C=O) groups is 1. The fourth-order valence-electron chi connectivity index (χ4n) is 3.09. The predicted octanol–water partition coefficient (Wildman–Crippen LogP) is 6.52. The third-order valence-corrected chi connectivity index (χ3v) is 4.84. The van der Waals surface area contributed by atoms with Crippen molar-refractivity contribution < 1.29 is 15.0 Å². The molecule has 0 saturated heterocycles. The van der Waals surface area contributed by atoms with Crippen molar-refractivity contribution in [3.8, 4) is 0 Å². The minimum absolute atomic E-state index is 0.300. The third-order valence-electron chi connectivity index (χ3n) is 4.84. The first-order valence-corrected chi connectivity index (χ1v) is 10.7. The molecule has 152 valence electrons. The molecule has 0 aliphatic rings. The maximum Gasteiger partial charge on any atom is 0.303 e. The standard InChI is InChI=1S/C23H42O3/c1-4-5-10-14-22(24)15-12-9-7-6-8-11-13-21(17-16-20(2)3)18-19-23(25)26/h7,9,12,15,20-22,24H,4-6,8,10-11,13-14,16-19H2,1-3H3,(H,25,26). The Morgan fingerprint density at radius 3 is 2.31 bits per heavy atom. The number of carboxylic acid groups (broad SMARTS) is 1. The van der Waals surface area contributed by atoms with E-state index >= 15 is 0 Å². The van der Waals surface area contributed by atoms with Crippen LogP contribution in [0.1, 0.15) is 97.8 Å². The normalized spacial score (nSPS) is 14.5. The van der Waals surface area contributed by atoms with Gasteiger partial charge in [0.15, 0.2) is 0 Å². The number of aliphatic hydroxyl groups is 1. The lowest BCUT2D eigenvalue weighted by Gasteiger charge is -2.17. The molecule has 0 spiro atoms. The topological polar surface area (TPSA) is 57.5 Å². The zero-order valence-electron chi connectivity index (χ0n) is 17.3. The van der Waals surface area contributed by atoms with Crippen molar-refractivity contribution in [3.05, 3.63) is 24.3 Å². The first-order valence-electron chi connectivity index (χ1n) is 10.7. The number of hydrogen-bond acceptors (Lipinski definition) is 2. The van der Waals surface area contributed by atoms with Crippen LogP contribution < -0.4 is 0 Å². The minimum Gasteiger partial charge on any atom is -0.481 e. The first kappa shape index (κ1) is 24.9. The lowest BCUT2D eigenvalue weighted by Crippen LogP contribution is -2.06. The molecular formula is C23H42O3. The first-order chi connectivity index (χ1) is 12.5. The van der Waals surface area contributed by atoms with Crippen molar-refractivity contribution in [3.63, 3.8) is 0 Å². The average molecular weight is 367 g/mol. The Morgan fingerprint density at radius 1 is 0.923 bits per heavy atom.